The molecule has 2 saturated heterocycles. The molecule has 2 aliphatic rings. The summed E-state index contributed by atoms with van der Waals surface area (Å²) in [5, 5.41) is 3.64. The number of piperidine rings is 1. The zero-order chi connectivity index (χ0) is 12.4. The van der Waals surface area contributed by atoms with Crippen LogP contribution < -0.4 is 10.2 Å². The predicted octanol–water partition coefficient (Wildman–Crippen LogP) is 1.75. The molecule has 0 saturated carbocycles. The van der Waals surface area contributed by atoms with Gasteiger partial charge in [0.15, 0.2) is 0 Å². The summed E-state index contributed by atoms with van der Waals surface area (Å²) in [6.45, 7) is 5.45. The summed E-state index contributed by atoms with van der Waals surface area (Å²) in [6.07, 6.45) is 7.16. The van der Waals surface area contributed by atoms with E-state index in [4.69, 9.17) is 0 Å². The fraction of sp³-hybridized carbons (Fsp3) is 0.714. The zero-order valence-corrected chi connectivity index (χ0v) is 11.1. The largest absolute Gasteiger partial charge is 0.340 e. The van der Waals surface area contributed by atoms with Crippen molar-refractivity contribution in [2.24, 2.45) is 5.92 Å². The lowest BCUT2D eigenvalue weighted by Crippen LogP contribution is -2.44. The molecule has 2 fully saturated rings. The summed E-state index contributed by atoms with van der Waals surface area (Å²) in [5.41, 5.74) is 1.06. The quantitative estimate of drug-likeness (QED) is 0.863. The molecule has 98 valence electrons. The number of nitrogens with zero attached hydrogens (tertiary/aromatic N) is 3. The number of rotatable bonds is 2. The summed E-state index contributed by atoms with van der Waals surface area (Å²) >= 11 is 0. The van der Waals surface area contributed by atoms with E-state index in [9.17, 15) is 0 Å². The average molecular weight is 246 g/mol. The molecule has 3 heterocycles. The van der Waals surface area contributed by atoms with Gasteiger partial charge in [0.1, 0.15) is 0 Å². The van der Waals surface area contributed by atoms with Crippen molar-refractivity contribution in [2.75, 3.05) is 24.5 Å². The summed E-state index contributed by atoms with van der Waals surface area (Å²) in [6, 6.07) is 2.68. The maximum atomic E-state index is 4.55. The summed E-state index contributed by atoms with van der Waals surface area (Å²) < 4.78 is 0. The van der Waals surface area contributed by atoms with Gasteiger partial charge in [-0.2, -0.15) is 0 Å². The highest BCUT2D eigenvalue weighted by molar-refractivity contribution is 5.31. The minimum atomic E-state index is 0.720. The van der Waals surface area contributed by atoms with Crippen molar-refractivity contribution in [3.05, 3.63) is 18.0 Å². The molecule has 4 nitrogen and oxygen atoms in total. The molecule has 0 bridgehead atoms. The van der Waals surface area contributed by atoms with E-state index in [2.05, 4.69) is 20.2 Å². The Morgan fingerprint density at radius 2 is 2.28 bits per heavy atom. The minimum Gasteiger partial charge on any atom is -0.340 e. The summed E-state index contributed by atoms with van der Waals surface area (Å²) in [7, 11) is 0. The fourth-order valence-electron chi connectivity index (χ4n) is 3.22. The van der Waals surface area contributed by atoms with Crippen molar-refractivity contribution in [1.82, 2.24) is 15.3 Å². The monoisotopic (exact) mass is 246 g/mol. The lowest BCUT2D eigenvalue weighted by Gasteiger charge is -2.35. The van der Waals surface area contributed by atoms with E-state index < -0.39 is 0 Å². The summed E-state index contributed by atoms with van der Waals surface area (Å²) in [5.74, 6) is 1.68. The van der Waals surface area contributed by atoms with Gasteiger partial charge in [0, 0.05) is 31.0 Å². The number of hydrogen-bond donors (Lipinski definition) is 1. The third kappa shape index (κ3) is 2.48. The molecule has 2 aliphatic heterocycles. The molecule has 2 atom stereocenters. The van der Waals surface area contributed by atoms with E-state index >= 15 is 0 Å². The van der Waals surface area contributed by atoms with E-state index in [1.54, 1.807) is 0 Å². The van der Waals surface area contributed by atoms with Crippen LogP contribution in [-0.2, 0) is 0 Å². The Kier molecular flexibility index (Phi) is 3.46. The lowest BCUT2D eigenvalue weighted by molar-refractivity contribution is 0.327. The molecular formula is C14H22N4. The molecule has 0 spiro atoms. The highest BCUT2D eigenvalue weighted by Crippen LogP contribution is 2.26. The Bertz CT molecular complexity index is 401. The van der Waals surface area contributed by atoms with Crippen molar-refractivity contribution in [2.45, 2.75) is 38.6 Å². The normalized spacial score (nSPS) is 28.6. The van der Waals surface area contributed by atoms with Crippen LogP contribution in [0.15, 0.2) is 12.3 Å². The van der Waals surface area contributed by atoms with Gasteiger partial charge in [-0.15, -0.1) is 0 Å². The molecule has 0 aromatic carbocycles. The topological polar surface area (TPSA) is 41.1 Å². The van der Waals surface area contributed by atoms with E-state index in [1.807, 2.05) is 19.2 Å². The highest BCUT2D eigenvalue weighted by Gasteiger charge is 2.29. The lowest BCUT2D eigenvalue weighted by atomic mass is 9.90. The van der Waals surface area contributed by atoms with Crippen LogP contribution in [0, 0.1) is 12.8 Å². The molecule has 1 N–H and O–H groups in total. The van der Waals surface area contributed by atoms with E-state index in [-0.39, 0.29) is 0 Å². The van der Waals surface area contributed by atoms with Gasteiger partial charge in [0.05, 0.1) is 0 Å². The van der Waals surface area contributed by atoms with Crippen LogP contribution in [0.25, 0.3) is 0 Å². The van der Waals surface area contributed by atoms with Crippen LogP contribution in [-0.4, -0.2) is 35.6 Å². The first-order valence-corrected chi connectivity index (χ1v) is 7.11. The van der Waals surface area contributed by atoms with Gasteiger partial charge in [0.2, 0.25) is 5.95 Å². The molecular weight excluding hydrogens is 224 g/mol. The Labute approximate surface area is 109 Å². The van der Waals surface area contributed by atoms with Gasteiger partial charge in [-0.05, 0) is 51.1 Å². The molecule has 1 aromatic heterocycles. The molecule has 2 unspecified atom stereocenters. The molecule has 0 aliphatic carbocycles. The SMILES string of the molecule is Cc1ccnc(N2CCCC(C3CCCN3)C2)n1. The van der Waals surface area contributed by atoms with Gasteiger partial charge in [0.25, 0.3) is 0 Å². The molecule has 18 heavy (non-hydrogen) atoms. The van der Waals surface area contributed by atoms with Crippen LogP contribution in [0.5, 0.6) is 0 Å². The van der Waals surface area contributed by atoms with Gasteiger partial charge in [-0.1, -0.05) is 0 Å². The second-order valence-corrected chi connectivity index (χ2v) is 5.55. The molecule has 4 heteroatoms. The Hall–Kier alpha value is -1.16. The van der Waals surface area contributed by atoms with Crippen molar-refractivity contribution in [3.63, 3.8) is 0 Å². The maximum Gasteiger partial charge on any atom is 0.225 e. The molecule has 0 amide bonds. The minimum absolute atomic E-state index is 0.720. The first-order valence-electron chi connectivity index (χ1n) is 7.11. The number of aryl methyl sites for hydroxylation is 1. The van der Waals surface area contributed by atoms with E-state index in [1.165, 1.54) is 32.2 Å². The Morgan fingerprint density at radius 3 is 3.06 bits per heavy atom. The van der Waals surface area contributed by atoms with Crippen LogP contribution in [0.2, 0.25) is 0 Å². The van der Waals surface area contributed by atoms with Crippen molar-refractivity contribution < 1.29 is 0 Å². The van der Waals surface area contributed by atoms with Crippen molar-refractivity contribution >= 4 is 5.95 Å². The average Bonchev–Trinajstić information content (AvgIpc) is 2.93. The van der Waals surface area contributed by atoms with E-state index in [0.717, 1.165) is 36.7 Å². The summed E-state index contributed by atoms with van der Waals surface area (Å²) in [4.78, 5) is 11.3. The fourth-order valence-corrected chi connectivity index (χ4v) is 3.22. The number of hydrogen-bond acceptors (Lipinski definition) is 4. The third-order valence-corrected chi connectivity index (χ3v) is 4.19. The first kappa shape index (κ1) is 11.9. The van der Waals surface area contributed by atoms with Gasteiger partial charge in [-0.25, -0.2) is 9.97 Å². The Balaban J connectivity index is 1.69. The molecule has 0 radical (unpaired) electrons. The zero-order valence-electron chi connectivity index (χ0n) is 11.1. The Morgan fingerprint density at radius 1 is 1.33 bits per heavy atom. The molecule has 3 rings (SSSR count). The first-order chi connectivity index (χ1) is 8.83. The number of anilines is 1. The maximum absolute atomic E-state index is 4.55. The standard InChI is InChI=1S/C14H22N4/c1-11-6-8-16-14(17-11)18-9-3-4-12(10-18)13-5-2-7-15-13/h6,8,12-13,15H,2-5,7,9-10H2,1H3. The number of nitrogens with one attached hydrogen (secondary N) is 1. The van der Waals surface area contributed by atoms with Crippen molar-refractivity contribution in [3.8, 4) is 0 Å². The van der Waals surface area contributed by atoms with Crippen LogP contribution in [0.3, 0.4) is 0 Å². The second kappa shape index (κ2) is 5.22. The third-order valence-electron chi connectivity index (χ3n) is 4.19. The van der Waals surface area contributed by atoms with Crippen molar-refractivity contribution in [1.29, 1.82) is 0 Å². The van der Waals surface area contributed by atoms with Gasteiger partial charge in [-0.3, -0.25) is 0 Å². The van der Waals surface area contributed by atoms with Gasteiger partial charge < -0.3 is 10.2 Å². The molecule has 1 aromatic rings. The van der Waals surface area contributed by atoms with Crippen LogP contribution in [0.1, 0.15) is 31.4 Å². The van der Waals surface area contributed by atoms with E-state index in [0.29, 0.717) is 0 Å². The highest BCUT2D eigenvalue weighted by atomic mass is 15.3. The van der Waals surface area contributed by atoms with Crippen LogP contribution in [0.4, 0.5) is 5.95 Å². The van der Waals surface area contributed by atoms with Crippen LogP contribution >= 0.6 is 0 Å². The smallest absolute Gasteiger partial charge is 0.225 e. The second-order valence-electron chi connectivity index (χ2n) is 5.55. The number of aromatic nitrogens is 2. The van der Waals surface area contributed by atoms with Gasteiger partial charge >= 0.3 is 0 Å². The predicted molar refractivity (Wildman–Crippen MR) is 72.7 cm³/mol.